The quantitative estimate of drug-likeness (QED) is 0.287. The van der Waals surface area contributed by atoms with Gasteiger partial charge in [-0.05, 0) is 39.5 Å². The Morgan fingerprint density at radius 2 is 1.35 bits per heavy atom. The van der Waals surface area contributed by atoms with Crippen LogP contribution in [0, 0.1) is 0 Å². The second-order valence-corrected chi connectivity index (χ2v) is 8.82. The van der Waals surface area contributed by atoms with Crippen LogP contribution in [0.15, 0.2) is 0 Å². The second-order valence-electron chi connectivity index (χ2n) is 8.82. The lowest BCUT2D eigenvalue weighted by Crippen LogP contribution is -2.61. The number of aliphatic hydroxyl groups is 1. The van der Waals surface area contributed by atoms with Crippen molar-refractivity contribution in [1.82, 2.24) is 0 Å². The standard InChI is InChI=1S/C24H40O10/c1-7-8-11-20(12-9-10-19(29)13-14(2)25)34-24-23(33-18(6)28)22(32-17(5)27)21(15(3)30-24)31-16(4)26/h15,19-24,29H,7-13H2,1-6H3/t15-,19?,20?,21+,22+,23-,24?/m0/s1. The van der Waals surface area contributed by atoms with E-state index in [9.17, 15) is 24.3 Å². The van der Waals surface area contributed by atoms with Crippen LogP contribution in [0.25, 0.3) is 0 Å². The lowest BCUT2D eigenvalue weighted by atomic mass is 9.98. The van der Waals surface area contributed by atoms with E-state index in [0.717, 1.165) is 12.8 Å². The van der Waals surface area contributed by atoms with Crippen LogP contribution < -0.4 is 0 Å². The lowest BCUT2D eigenvalue weighted by Gasteiger charge is -2.44. The number of ketones is 1. The Morgan fingerprint density at radius 1 is 0.824 bits per heavy atom. The minimum Gasteiger partial charge on any atom is -0.456 e. The van der Waals surface area contributed by atoms with Crippen molar-refractivity contribution >= 4 is 23.7 Å². The maximum atomic E-state index is 11.9. The maximum absolute atomic E-state index is 11.9. The summed E-state index contributed by atoms with van der Waals surface area (Å²) >= 11 is 0. The van der Waals surface area contributed by atoms with Crippen LogP contribution in [0.5, 0.6) is 0 Å². The van der Waals surface area contributed by atoms with E-state index in [-0.39, 0.29) is 18.3 Å². The molecule has 196 valence electrons. The van der Waals surface area contributed by atoms with Gasteiger partial charge in [-0.15, -0.1) is 0 Å². The van der Waals surface area contributed by atoms with Crippen molar-refractivity contribution in [3.05, 3.63) is 0 Å². The Bertz CT molecular complexity index is 679. The number of hydrogen-bond acceptors (Lipinski definition) is 10. The third-order valence-electron chi connectivity index (χ3n) is 5.43. The molecule has 1 N–H and O–H groups in total. The fraction of sp³-hybridized carbons (Fsp3) is 0.833. The first-order valence-electron chi connectivity index (χ1n) is 11.9. The molecule has 3 unspecified atom stereocenters. The number of Topliss-reactive ketones (excluding diaryl/α,β-unsaturated/α-hetero) is 1. The summed E-state index contributed by atoms with van der Waals surface area (Å²) in [6.07, 6.45) is -1.71. The van der Waals surface area contributed by atoms with Crippen molar-refractivity contribution in [2.75, 3.05) is 0 Å². The minimum atomic E-state index is -1.14. The minimum absolute atomic E-state index is 0.0704. The Balaban J connectivity index is 3.04. The van der Waals surface area contributed by atoms with Gasteiger partial charge in [-0.3, -0.25) is 19.2 Å². The highest BCUT2D eigenvalue weighted by atomic mass is 16.7. The second kappa shape index (κ2) is 15.1. The number of carbonyl (C=O) groups is 4. The molecule has 0 aromatic carbocycles. The highest BCUT2D eigenvalue weighted by molar-refractivity contribution is 5.75. The third kappa shape index (κ3) is 10.9. The SMILES string of the molecule is CCCCC(CCCC(O)CC(C)=O)OC1O[C@@H](C)[C@@H](OC(C)=O)[C@@H](OC(C)=O)[C@@H]1OC(C)=O. The summed E-state index contributed by atoms with van der Waals surface area (Å²) in [7, 11) is 0. The molecule has 7 atom stereocenters. The van der Waals surface area contributed by atoms with E-state index < -0.39 is 54.7 Å². The number of hydrogen-bond donors (Lipinski definition) is 1. The highest BCUT2D eigenvalue weighted by Gasteiger charge is 2.51. The van der Waals surface area contributed by atoms with E-state index in [0.29, 0.717) is 25.7 Å². The summed E-state index contributed by atoms with van der Waals surface area (Å²) in [5.74, 6) is -1.93. The molecule has 1 fully saturated rings. The maximum Gasteiger partial charge on any atom is 0.303 e. The molecule has 0 aromatic rings. The van der Waals surface area contributed by atoms with Gasteiger partial charge in [0.2, 0.25) is 0 Å². The number of carbonyl (C=O) groups excluding carboxylic acids is 4. The molecule has 1 saturated heterocycles. The van der Waals surface area contributed by atoms with Gasteiger partial charge in [0.15, 0.2) is 24.6 Å². The van der Waals surface area contributed by atoms with Crippen molar-refractivity contribution in [3.8, 4) is 0 Å². The molecule has 1 rings (SSSR count). The largest absolute Gasteiger partial charge is 0.456 e. The van der Waals surface area contributed by atoms with Crippen LogP contribution in [0.1, 0.15) is 86.5 Å². The first kappa shape index (κ1) is 30.0. The summed E-state index contributed by atoms with van der Waals surface area (Å²) in [6.45, 7) is 8.80. The van der Waals surface area contributed by atoms with Gasteiger partial charge in [0.25, 0.3) is 0 Å². The third-order valence-corrected chi connectivity index (χ3v) is 5.43. The van der Waals surface area contributed by atoms with E-state index in [4.69, 9.17) is 23.7 Å². The molecular weight excluding hydrogens is 448 g/mol. The summed E-state index contributed by atoms with van der Waals surface area (Å²) in [4.78, 5) is 46.5. The van der Waals surface area contributed by atoms with Crippen LogP contribution in [-0.2, 0) is 42.9 Å². The molecule has 10 heteroatoms. The average Bonchev–Trinajstić information content (AvgIpc) is 2.70. The number of unbranched alkanes of at least 4 members (excludes halogenated alkanes) is 1. The van der Waals surface area contributed by atoms with Gasteiger partial charge >= 0.3 is 17.9 Å². The predicted molar refractivity (Wildman–Crippen MR) is 121 cm³/mol. The van der Waals surface area contributed by atoms with E-state index >= 15 is 0 Å². The van der Waals surface area contributed by atoms with Crippen LogP contribution in [-0.4, -0.2) is 71.7 Å². The Labute approximate surface area is 201 Å². The summed E-state index contributed by atoms with van der Waals surface area (Å²) in [5, 5.41) is 9.99. The van der Waals surface area contributed by atoms with E-state index in [1.165, 1.54) is 27.7 Å². The fourth-order valence-electron chi connectivity index (χ4n) is 4.00. The van der Waals surface area contributed by atoms with E-state index in [2.05, 4.69) is 6.92 Å². The molecule has 0 bridgehead atoms. The average molecular weight is 489 g/mol. The van der Waals surface area contributed by atoms with Crippen molar-refractivity contribution in [2.24, 2.45) is 0 Å². The van der Waals surface area contributed by atoms with Gasteiger partial charge in [-0.25, -0.2) is 0 Å². The molecule has 0 saturated carbocycles. The number of esters is 3. The number of rotatable bonds is 14. The van der Waals surface area contributed by atoms with Gasteiger partial charge in [-0.2, -0.15) is 0 Å². The van der Waals surface area contributed by atoms with Crippen LogP contribution in [0.2, 0.25) is 0 Å². The van der Waals surface area contributed by atoms with Crippen LogP contribution in [0.3, 0.4) is 0 Å². The van der Waals surface area contributed by atoms with Crippen molar-refractivity contribution in [3.63, 3.8) is 0 Å². The zero-order valence-electron chi connectivity index (χ0n) is 21.1. The number of aliphatic hydroxyl groups excluding tert-OH is 1. The fourth-order valence-corrected chi connectivity index (χ4v) is 4.00. The summed E-state index contributed by atoms with van der Waals surface area (Å²) in [6, 6.07) is 0. The smallest absolute Gasteiger partial charge is 0.303 e. The molecule has 0 radical (unpaired) electrons. The molecule has 34 heavy (non-hydrogen) atoms. The lowest BCUT2D eigenvalue weighted by molar-refractivity contribution is -0.311. The predicted octanol–water partition coefficient (Wildman–Crippen LogP) is 2.61. The molecule has 1 aliphatic rings. The van der Waals surface area contributed by atoms with Gasteiger partial charge < -0.3 is 28.8 Å². The molecule has 1 heterocycles. The highest BCUT2D eigenvalue weighted by Crippen LogP contribution is 2.31. The van der Waals surface area contributed by atoms with Crippen molar-refractivity contribution in [1.29, 1.82) is 0 Å². The summed E-state index contributed by atoms with van der Waals surface area (Å²) < 4.78 is 28.4. The monoisotopic (exact) mass is 488 g/mol. The molecule has 0 aromatic heterocycles. The first-order valence-corrected chi connectivity index (χ1v) is 11.9. The van der Waals surface area contributed by atoms with Crippen molar-refractivity contribution in [2.45, 2.75) is 129 Å². The normalized spacial score (nSPS) is 26.3. The van der Waals surface area contributed by atoms with Gasteiger partial charge in [0, 0.05) is 27.2 Å². The van der Waals surface area contributed by atoms with Gasteiger partial charge in [0.1, 0.15) is 5.78 Å². The Morgan fingerprint density at radius 3 is 1.88 bits per heavy atom. The van der Waals surface area contributed by atoms with Gasteiger partial charge in [-0.1, -0.05) is 19.8 Å². The molecule has 0 spiro atoms. The van der Waals surface area contributed by atoms with E-state index in [1.54, 1.807) is 6.92 Å². The van der Waals surface area contributed by atoms with Gasteiger partial charge in [0.05, 0.1) is 18.3 Å². The van der Waals surface area contributed by atoms with Crippen LogP contribution >= 0.6 is 0 Å². The topological polar surface area (TPSA) is 135 Å². The molecule has 0 aliphatic carbocycles. The molecule has 0 amide bonds. The Hall–Kier alpha value is -2.04. The zero-order valence-corrected chi connectivity index (χ0v) is 21.1. The van der Waals surface area contributed by atoms with E-state index in [1.807, 2.05) is 0 Å². The first-order chi connectivity index (χ1) is 15.9. The Kier molecular flexibility index (Phi) is 13.3. The van der Waals surface area contributed by atoms with Crippen LogP contribution in [0.4, 0.5) is 0 Å². The molecule has 1 aliphatic heterocycles. The van der Waals surface area contributed by atoms with Crippen molar-refractivity contribution < 1.29 is 48.0 Å². The zero-order chi connectivity index (χ0) is 25.8. The number of ether oxygens (including phenoxy) is 5. The molecular formula is C24H40O10. The summed E-state index contributed by atoms with van der Waals surface area (Å²) in [5.41, 5.74) is 0. The molecule has 10 nitrogen and oxygen atoms in total.